The van der Waals surface area contributed by atoms with Gasteiger partial charge in [0.1, 0.15) is 5.60 Å². The summed E-state index contributed by atoms with van der Waals surface area (Å²) >= 11 is 0. The Labute approximate surface area is 196 Å². The zero-order valence-electron chi connectivity index (χ0n) is 18.9. The van der Waals surface area contributed by atoms with Crippen molar-refractivity contribution in [2.24, 2.45) is 4.99 Å². The molecule has 3 N–H and O–H groups in total. The summed E-state index contributed by atoms with van der Waals surface area (Å²) in [5.74, 6) is 1.44. The van der Waals surface area contributed by atoms with Gasteiger partial charge in [-0.25, -0.2) is 4.79 Å². The molecule has 1 aliphatic rings. The number of halogens is 1. The van der Waals surface area contributed by atoms with Crippen molar-refractivity contribution in [1.82, 2.24) is 16.0 Å². The van der Waals surface area contributed by atoms with Gasteiger partial charge in [-0.3, -0.25) is 9.20 Å². The Morgan fingerprint density at radius 3 is 2.52 bits per heavy atom. The lowest BCUT2D eigenvalue weighted by Crippen LogP contribution is -2.51. The maximum Gasteiger partial charge on any atom is 0.407 e. The normalized spacial score (nSPS) is 22.1. The molecule has 4 atom stereocenters. The van der Waals surface area contributed by atoms with E-state index < -0.39 is 22.5 Å². The second kappa shape index (κ2) is 14.4. The van der Waals surface area contributed by atoms with E-state index in [0.29, 0.717) is 6.54 Å². The number of ether oxygens (including phenoxy) is 1. The van der Waals surface area contributed by atoms with Crippen molar-refractivity contribution in [3.63, 3.8) is 0 Å². The fraction of sp³-hybridized carbons (Fsp3) is 0.900. The van der Waals surface area contributed by atoms with Crippen LogP contribution in [0.25, 0.3) is 0 Å². The first-order valence-corrected chi connectivity index (χ1v) is 11.9. The highest BCUT2D eigenvalue weighted by atomic mass is 127. The fourth-order valence-corrected chi connectivity index (χ4v) is 4.75. The molecule has 1 rings (SSSR count). The number of carbonyl (C=O) groups is 1. The molecule has 172 valence electrons. The molecule has 0 aromatic heterocycles. The van der Waals surface area contributed by atoms with Crippen molar-refractivity contribution in [2.45, 2.75) is 96.1 Å². The molecule has 0 aliphatic heterocycles. The van der Waals surface area contributed by atoms with Gasteiger partial charge in [0, 0.05) is 47.5 Å². The van der Waals surface area contributed by atoms with Crippen LogP contribution >= 0.6 is 24.0 Å². The molecule has 0 bridgehead atoms. The van der Waals surface area contributed by atoms with Crippen LogP contribution in [-0.2, 0) is 15.5 Å². The summed E-state index contributed by atoms with van der Waals surface area (Å²) in [7, 11) is 1.00. The van der Waals surface area contributed by atoms with E-state index in [1.165, 1.54) is 0 Å². The molecule has 1 amide bonds. The highest BCUT2D eigenvalue weighted by Crippen LogP contribution is 2.23. The highest BCUT2D eigenvalue weighted by Gasteiger charge is 2.26. The molecule has 0 aromatic carbocycles. The number of alkyl carbamates (subject to hydrolysis) is 1. The maximum absolute atomic E-state index is 12.1. The Balaban J connectivity index is 0.00000784. The van der Waals surface area contributed by atoms with Crippen LogP contribution in [0.1, 0.15) is 73.1 Å². The van der Waals surface area contributed by atoms with Crippen LogP contribution in [0.5, 0.6) is 0 Å². The average molecular weight is 545 g/mol. The molecule has 9 heteroatoms. The third kappa shape index (κ3) is 12.0. The molecule has 0 spiro atoms. The van der Waals surface area contributed by atoms with Gasteiger partial charge in [-0.15, -0.1) is 24.0 Å². The van der Waals surface area contributed by atoms with Crippen molar-refractivity contribution in [2.75, 3.05) is 19.3 Å². The molecular formula is C20H41IN4O3S. The Morgan fingerprint density at radius 2 is 1.97 bits per heavy atom. The van der Waals surface area contributed by atoms with Crippen LogP contribution < -0.4 is 16.0 Å². The largest absolute Gasteiger partial charge is 0.444 e. The third-order valence-corrected chi connectivity index (χ3v) is 6.46. The predicted molar refractivity (Wildman–Crippen MR) is 133 cm³/mol. The van der Waals surface area contributed by atoms with Gasteiger partial charge >= 0.3 is 6.09 Å². The number of nitrogens with zero attached hydrogens (tertiary/aromatic N) is 1. The first kappa shape index (κ1) is 28.4. The van der Waals surface area contributed by atoms with Crippen LogP contribution in [-0.4, -0.2) is 58.5 Å². The summed E-state index contributed by atoms with van der Waals surface area (Å²) in [6.45, 7) is 10.2. The van der Waals surface area contributed by atoms with Gasteiger partial charge in [0.05, 0.1) is 0 Å². The monoisotopic (exact) mass is 544 g/mol. The van der Waals surface area contributed by atoms with Gasteiger partial charge in [0.25, 0.3) is 0 Å². The van der Waals surface area contributed by atoms with Crippen LogP contribution in [0.15, 0.2) is 4.99 Å². The Bertz CT molecular complexity index is 540. The predicted octanol–water partition coefficient (Wildman–Crippen LogP) is 3.54. The zero-order chi connectivity index (χ0) is 21.2. The lowest BCUT2D eigenvalue weighted by atomic mass is 9.95. The van der Waals surface area contributed by atoms with Crippen molar-refractivity contribution in [1.29, 1.82) is 0 Å². The number of rotatable bonds is 8. The topological polar surface area (TPSA) is 91.8 Å². The summed E-state index contributed by atoms with van der Waals surface area (Å²) in [6, 6.07) is 0.244. The minimum Gasteiger partial charge on any atom is -0.444 e. The summed E-state index contributed by atoms with van der Waals surface area (Å²) in [4.78, 5) is 16.4. The molecule has 0 saturated heterocycles. The molecule has 7 nitrogen and oxygen atoms in total. The van der Waals surface area contributed by atoms with Gasteiger partial charge in [-0.2, -0.15) is 0 Å². The minimum absolute atomic E-state index is 0. The first-order valence-electron chi connectivity index (χ1n) is 10.5. The van der Waals surface area contributed by atoms with Crippen molar-refractivity contribution in [3.8, 4) is 0 Å². The smallest absolute Gasteiger partial charge is 0.407 e. The number of amides is 1. The van der Waals surface area contributed by atoms with Gasteiger partial charge in [-0.05, 0) is 46.5 Å². The van der Waals surface area contributed by atoms with E-state index >= 15 is 0 Å². The SMILES string of the molecule is CCCC(CNC(=NC)NC1CCCC(S(=O)CC)C1)NC(=O)OC(C)(C)C.I. The minimum atomic E-state index is -0.742. The summed E-state index contributed by atoms with van der Waals surface area (Å²) < 4.78 is 17.5. The van der Waals surface area contributed by atoms with E-state index in [4.69, 9.17) is 4.74 Å². The Morgan fingerprint density at radius 1 is 1.28 bits per heavy atom. The van der Waals surface area contributed by atoms with Crippen molar-refractivity contribution < 1.29 is 13.7 Å². The van der Waals surface area contributed by atoms with E-state index in [0.717, 1.165) is 50.2 Å². The molecule has 29 heavy (non-hydrogen) atoms. The third-order valence-electron chi connectivity index (χ3n) is 4.72. The number of hydrogen-bond acceptors (Lipinski definition) is 4. The van der Waals surface area contributed by atoms with E-state index in [2.05, 4.69) is 27.9 Å². The van der Waals surface area contributed by atoms with E-state index in [1.54, 1.807) is 7.05 Å². The second-order valence-electron chi connectivity index (χ2n) is 8.38. The zero-order valence-corrected chi connectivity index (χ0v) is 22.0. The maximum atomic E-state index is 12.1. The lowest BCUT2D eigenvalue weighted by molar-refractivity contribution is 0.0502. The lowest BCUT2D eigenvalue weighted by Gasteiger charge is -2.30. The quantitative estimate of drug-likeness (QED) is 0.247. The van der Waals surface area contributed by atoms with E-state index in [-0.39, 0.29) is 41.3 Å². The highest BCUT2D eigenvalue weighted by molar-refractivity contribution is 14.0. The van der Waals surface area contributed by atoms with E-state index in [9.17, 15) is 9.00 Å². The molecule has 4 unspecified atom stereocenters. The van der Waals surface area contributed by atoms with Crippen LogP contribution in [0.3, 0.4) is 0 Å². The molecule has 1 fully saturated rings. The molecule has 1 aliphatic carbocycles. The molecule has 1 saturated carbocycles. The average Bonchev–Trinajstić information content (AvgIpc) is 2.63. The van der Waals surface area contributed by atoms with Crippen molar-refractivity contribution >= 4 is 46.8 Å². The van der Waals surface area contributed by atoms with Gasteiger partial charge < -0.3 is 20.7 Å². The fourth-order valence-electron chi connectivity index (χ4n) is 3.41. The number of aliphatic imine (C=N–C) groups is 1. The first-order chi connectivity index (χ1) is 13.2. The Hall–Kier alpha value is -0.580. The molecule has 0 heterocycles. The molecule has 0 radical (unpaired) electrons. The molecular weight excluding hydrogens is 503 g/mol. The number of guanidine groups is 1. The van der Waals surface area contributed by atoms with Crippen LogP contribution in [0.4, 0.5) is 4.79 Å². The number of hydrogen-bond donors (Lipinski definition) is 3. The van der Waals surface area contributed by atoms with E-state index in [1.807, 2.05) is 27.7 Å². The number of nitrogens with one attached hydrogen (secondary N) is 3. The summed E-state index contributed by atoms with van der Waals surface area (Å²) in [5, 5.41) is 10.00. The summed E-state index contributed by atoms with van der Waals surface area (Å²) in [5.41, 5.74) is -0.512. The summed E-state index contributed by atoms with van der Waals surface area (Å²) in [6.07, 6.45) is 5.52. The van der Waals surface area contributed by atoms with Gasteiger partial charge in [0.2, 0.25) is 0 Å². The number of carbonyl (C=O) groups excluding carboxylic acids is 1. The van der Waals surface area contributed by atoms with Crippen LogP contribution in [0.2, 0.25) is 0 Å². The second-order valence-corrected chi connectivity index (χ2v) is 10.4. The van der Waals surface area contributed by atoms with Gasteiger partial charge in [-0.1, -0.05) is 26.7 Å². The standard InChI is InChI=1S/C20H40N4O3S.HI/c1-7-10-16(24-19(25)27-20(3,4)5)14-22-18(21-6)23-15-11-9-12-17(13-15)28(26)8-2;/h15-17H,7-14H2,1-6H3,(H,24,25)(H2,21,22,23);1H. The van der Waals surface area contributed by atoms with Gasteiger partial charge in [0.15, 0.2) is 5.96 Å². The van der Waals surface area contributed by atoms with Crippen LogP contribution in [0, 0.1) is 0 Å². The van der Waals surface area contributed by atoms with Crippen molar-refractivity contribution in [3.05, 3.63) is 0 Å². The molecule has 0 aromatic rings. The Kier molecular flexibility index (Phi) is 14.1.